The molecule has 15 heavy (non-hydrogen) atoms. The van der Waals surface area contributed by atoms with Gasteiger partial charge in [0, 0.05) is 22.7 Å². The van der Waals surface area contributed by atoms with Crippen LogP contribution in [0.1, 0.15) is 12.8 Å². The maximum absolute atomic E-state index is 13.2. The average molecular weight is 298 g/mol. The van der Waals surface area contributed by atoms with Gasteiger partial charge in [-0.05, 0) is 12.1 Å². The van der Waals surface area contributed by atoms with Crippen molar-refractivity contribution in [1.82, 2.24) is 0 Å². The molecule has 1 saturated carbocycles. The highest BCUT2D eigenvalue weighted by molar-refractivity contribution is 9.10. The van der Waals surface area contributed by atoms with Crippen LogP contribution in [-0.4, -0.2) is 11.5 Å². The average Bonchev–Trinajstić information content (AvgIpc) is 2.10. The predicted molar refractivity (Wildman–Crippen MR) is 57.3 cm³/mol. The molecule has 0 spiro atoms. The highest BCUT2D eigenvalue weighted by atomic mass is 79.9. The van der Waals surface area contributed by atoms with Gasteiger partial charge in [0.05, 0.1) is 0 Å². The van der Waals surface area contributed by atoms with Gasteiger partial charge in [-0.1, -0.05) is 15.9 Å². The Morgan fingerprint density at radius 2 is 2.00 bits per heavy atom. The zero-order chi connectivity index (χ0) is 11.0. The van der Waals surface area contributed by atoms with Gasteiger partial charge in [0.2, 0.25) is 5.82 Å². The van der Waals surface area contributed by atoms with E-state index in [1.807, 2.05) is 0 Å². The summed E-state index contributed by atoms with van der Waals surface area (Å²) in [6.45, 7) is 0. The predicted octanol–water partition coefficient (Wildman–Crippen LogP) is 3.88. The molecule has 1 fully saturated rings. The summed E-state index contributed by atoms with van der Waals surface area (Å²) in [7, 11) is 0. The third kappa shape index (κ3) is 2.42. The quantitative estimate of drug-likeness (QED) is 0.595. The Morgan fingerprint density at radius 1 is 1.33 bits per heavy atom. The Hall–Kier alpha value is -0.350. The van der Waals surface area contributed by atoms with Gasteiger partial charge in [-0.15, -0.1) is 11.6 Å². The fourth-order valence-electron chi connectivity index (χ4n) is 1.40. The van der Waals surface area contributed by atoms with Crippen LogP contribution in [-0.2, 0) is 0 Å². The minimum atomic E-state index is -0.948. The van der Waals surface area contributed by atoms with Gasteiger partial charge in [0.15, 0.2) is 11.6 Å². The maximum Gasteiger partial charge on any atom is 0.200 e. The van der Waals surface area contributed by atoms with Crippen molar-refractivity contribution in [3.8, 4) is 5.75 Å². The van der Waals surface area contributed by atoms with E-state index in [2.05, 4.69) is 15.9 Å². The van der Waals surface area contributed by atoms with Crippen LogP contribution in [0.15, 0.2) is 16.6 Å². The summed E-state index contributed by atoms with van der Waals surface area (Å²) >= 11 is 8.83. The second-order valence-corrected chi connectivity index (χ2v) is 5.04. The molecule has 0 atom stereocenters. The van der Waals surface area contributed by atoms with Crippen molar-refractivity contribution in [3.63, 3.8) is 0 Å². The van der Waals surface area contributed by atoms with Crippen molar-refractivity contribution in [2.75, 3.05) is 0 Å². The van der Waals surface area contributed by atoms with Gasteiger partial charge in [0.25, 0.3) is 0 Å². The summed E-state index contributed by atoms with van der Waals surface area (Å²) in [5.74, 6) is -1.92. The first-order valence-electron chi connectivity index (χ1n) is 4.51. The number of ether oxygens (including phenoxy) is 1. The van der Waals surface area contributed by atoms with E-state index in [-0.39, 0.29) is 17.2 Å². The number of rotatable bonds is 2. The van der Waals surface area contributed by atoms with Crippen LogP contribution >= 0.6 is 27.5 Å². The smallest absolute Gasteiger partial charge is 0.200 e. The van der Waals surface area contributed by atoms with Gasteiger partial charge in [-0.2, -0.15) is 4.39 Å². The first-order chi connectivity index (χ1) is 7.06. The van der Waals surface area contributed by atoms with Crippen LogP contribution in [0, 0.1) is 11.6 Å². The Morgan fingerprint density at radius 3 is 2.60 bits per heavy atom. The summed E-state index contributed by atoms with van der Waals surface area (Å²) in [5.41, 5.74) is 0. The lowest BCUT2D eigenvalue weighted by molar-refractivity contribution is 0.117. The number of hydrogen-bond acceptors (Lipinski definition) is 1. The van der Waals surface area contributed by atoms with Crippen LogP contribution in [0.2, 0.25) is 0 Å². The summed E-state index contributed by atoms with van der Waals surface area (Å²) < 4.78 is 32.0. The minimum Gasteiger partial charge on any atom is -0.487 e. The SMILES string of the molecule is Fc1cc(Br)cc(OC2CC(Cl)C2)c1F. The Kier molecular flexibility index (Phi) is 3.16. The Labute approximate surface area is 99.5 Å². The van der Waals surface area contributed by atoms with Crippen LogP contribution in [0.3, 0.4) is 0 Å². The zero-order valence-corrected chi connectivity index (χ0v) is 9.99. The van der Waals surface area contributed by atoms with E-state index < -0.39 is 11.6 Å². The molecule has 0 aliphatic heterocycles. The van der Waals surface area contributed by atoms with Gasteiger partial charge in [0.1, 0.15) is 6.10 Å². The second-order valence-electron chi connectivity index (χ2n) is 3.51. The fourth-order valence-corrected chi connectivity index (χ4v) is 2.20. The minimum absolute atomic E-state index is 0.0598. The van der Waals surface area contributed by atoms with Crippen molar-refractivity contribution in [1.29, 1.82) is 0 Å². The molecule has 0 radical (unpaired) electrons. The van der Waals surface area contributed by atoms with Crippen molar-refractivity contribution < 1.29 is 13.5 Å². The first kappa shape index (κ1) is 11.1. The summed E-state index contributed by atoms with van der Waals surface area (Å²) in [4.78, 5) is 0. The summed E-state index contributed by atoms with van der Waals surface area (Å²) in [6, 6.07) is 2.48. The number of benzene rings is 1. The third-order valence-electron chi connectivity index (χ3n) is 2.29. The van der Waals surface area contributed by atoms with Crippen molar-refractivity contribution in [2.45, 2.75) is 24.3 Å². The molecule has 2 rings (SSSR count). The molecule has 0 N–H and O–H groups in total. The molecule has 0 saturated heterocycles. The molecule has 1 aromatic carbocycles. The summed E-state index contributed by atoms with van der Waals surface area (Å²) in [5, 5.41) is 0.0926. The van der Waals surface area contributed by atoms with E-state index in [1.54, 1.807) is 0 Å². The lowest BCUT2D eigenvalue weighted by Crippen LogP contribution is -2.34. The molecule has 1 aromatic rings. The molecule has 5 heteroatoms. The van der Waals surface area contributed by atoms with Gasteiger partial charge < -0.3 is 4.74 Å². The Bertz CT molecular complexity index is 380. The van der Waals surface area contributed by atoms with E-state index >= 15 is 0 Å². The van der Waals surface area contributed by atoms with Crippen molar-refractivity contribution >= 4 is 27.5 Å². The lowest BCUT2D eigenvalue weighted by Gasteiger charge is -2.31. The van der Waals surface area contributed by atoms with Crippen LogP contribution in [0.25, 0.3) is 0 Å². The molecular weight excluding hydrogens is 289 g/mol. The molecule has 0 bridgehead atoms. The molecule has 1 aliphatic carbocycles. The highest BCUT2D eigenvalue weighted by Gasteiger charge is 2.30. The fraction of sp³-hybridized carbons (Fsp3) is 0.400. The monoisotopic (exact) mass is 296 g/mol. The molecule has 82 valence electrons. The van der Waals surface area contributed by atoms with E-state index in [9.17, 15) is 8.78 Å². The lowest BCUT2D eigenvalue weighted by atomic mass is 9.95. The standard InChI is InChI=1S/C10H8BrClF2O/c11-5-1-8(13)10(14)9(2-5)15-7-3-6(12)4-7/h1-2,6-7H,3-4H2. The molecular formula is C10H8BrClF2O. The largest absolute Gasteiger partial charge is 0.487 e. The summed E-state index contributed by atoms with van der Waals surface area (Å²) in [6.07, 6.45) is 1.25. The molecule has 1 aliphatic rings. The molecule has 0 unspecified atom stereocenters. The van der Waals surface area contributed by atoms with Gasteiger partial charge in [-0.3, -0.25) is 0 Å². The van der Waals surface area contributed by atoms with E-state index in [0.717, 1.165) is 6.07 Å². The van der Waals surface area contributed by atoms with Crippen LogP contribution in [0.5, 0.6) is 5.75 Å². The molecule has 1 nitrogen and oxygen atoms in total. The van der Waals surface area contributed by atoms with Gasteiger partial charge in [-0.25, -0.2) is 4.39 Å². The third-order valence-corrected chi connectivity index (χ3v) is 3.10. The van der Waals surface area contributed by atoms with Crippen molar-refractivity contribution in [2.24, 2.45) is 0 Å². The van der Waals surface area contributed by atoms with Gasteiger partial charge >= 0.3 is 0 Å². The zero-order valence-electron chi connectivity index (χ0n) is 7.64. The molecule has 0 heterocycles. The van der Waals surface area contributed by atoms with E-state index in [1.165, 1.54) is 6.07 Å². The topological polar surface area (TPSA) is 9.23 Å². The second kappa shape index (κ2) is 4.26. The van der Waals surface area contributed by atoms with E-state index in [4.69, 9.17) is 16.3 Å². The van der Waals surface area contributed by atoms with Crippen LogP contribution in [0.4, 0.5) is 8.78 Å². The normalized spacial score (nSPS) is 24.8. The molecule has 0 aromatic heterocycles. The first-order valence-corrected chi connectivity index (χ1v) is 5.74. The van der Waals surface area contributed by atoms with Crippen LogP contribution < -0.4 is 4.74 Å². The molecule has 0 amide bonds. The number of alkyl halides is 1. The highest BCUT2D eigenvalue weighted by Crippen LogP contribution is 2.32. The van der Waals surface area contributed by atoms with Crippen molar-refractivity contribution in [3.05, 3.63) is 28.2 Å². The Balaban J connectivity index is 2.13. The number of halogens is 4. The maximum atomic E-state index is 13.2. The number of hydrogen-bond donors (Lipinski definition) is 0. The van der Waals surface area contributed by atoms with E-state index in [0.29, 0.717) is 17.3 Å².